The van der Waals surface area contributed by atoms with Gasteiger partial charge in [0.2, 0.25) is 0 Å². The minimum Gasteiger partial charge on any atom is -0.480 e. The molecule has 106 valence electrons. The molecular weight excluding hydrogens is 270 g/mol. The van der Waals surface area contributed by atoms with Crippen LogP contribution in [0, 0.1) is 5.92 Å². The number of aliphatic carboxylic acids is 1. The van der Waals surface area contributed by atoms with Gasteiger partial charge in [0, 0.05) is 19.2 Å². The first-order valence-corrected chi connectivity index (χ1v) is 7.68. The van der Waals surface area contributed by atoms with Crippen molar-refractivity contribution in [1.82, 2.24) is 14.3 Å². The molecule has 8 heteroatoms. The van der Waals surface area contributed by atoms with Crippen LogP contribution in [-0.2, 0) is 27.8 Å². The summed E-state index contributed by atoms with van der Waals surface area (Å²) in [4.78, 5) is 14.5. The van der Waals surface area contributed by atoms with E-state index in [0.717, 1.165) is 6.54 Å². The van der Waals surface area contributed by atoms with E-state index in [-0.39, 0.29) is 5.03 Å². The molecule has 2 rings (SSSR count). The summed E-state index contributed by atoms with van der Waals surface area (Å²) in [5.41, 5.74) is 0. The van der Waals surface area contributed by atoms with Gasteiger partial charge in [0.25, 0.3) is 10.0 Å². The van der Waals surface area contributed by atoms with Gasteiger partial charge in [0.05, 0.1) is 0 Å². The third-order valence-electron chi connectivity index (χ3n) is 2.99. The summed E-state index contributed by atoms with van der Waals surface area (Å²) in [6, 6.07) is 0. The van der Waals surface area contributed by atoms with Crippen LogP contribution in [0.5, 0.6) is 0 Å². The van der Waals surface area contributed by atoms with E-state index >= 15 is 0 Å². The van der Waals surface area contributed by atoms with E-state index in [2.05, 4.69) is 4.98 Å². The van der Waals surface area contributed by atoms with Crippen LogP contribution in [0.15, 0.2) is 11.2 Å². The van der Waals surface area contributed by atoms with Crippen LogP contribution >= 0.6 is 0 Å². The predicted octanol–water partition coefficient (Wildman–Crippen LogP) is 0.218. The van der Waals surface area contributed by atoms with Gasteiger partial charge in [-0.15, -0.1) is 0 Å². The minimum absolute atomic E-state index is 0.105. The maximum Gasteiger partial charge on any atom is 0.318 e. The number of sulfonamides is 1. The van der Waals surface area contributed by atoms with Crippen LogP contribution in [0.2, 0.25) is 0 Å². The quantitative estimate of drug-likeness (QED) is 0.747. The maximum atomic E-state index is 11.9. The highest BCUT2D eigenvalue weighted by atomic mass is 32.2. The van der Waals surface area contributed by atoms with Gasteiger partial charge in [-0.3, -0.25) is 4.79 Å². The Morgan fingerprint density at radius 1 is 1.58 bits per heavy atom. The summed E-state index contributed by atoms with van der Waals surface area (Å²) in [7, 11) is -3.85. The number of nitrogens with one attached hydrogen (secondary N) is 1. The summed E-state index contributed by atoms with van der Waals surface area (Å²) in [6.45, 7) is 2.05. The molecule has 1 heterocycles. The highest BCUT2D eigenvalue weighted by Gasteiger charge is 2.25. The predicted molar refractivity (Wildman–Crippen MR) is 67.2 cm³/mol. The molecule has 19 heavy (non-hydrogen) atoms. The van der Waals surface area contributed by atoms with E-state index in [0.29, 0.717) is 18.2 Å². The lowest BCUT2D eigenvalue weighted by Gasteiger charge is -2.03. The van der Waals surface area contributed by atoms with Gasteiger partial charge < -0.3 is 9.67 Å². The second-order valence-corrected chi connectivity index (χ2v) is 6.38. The smallest absolute Gasteiger partial charge is 0.318 e. The first-order chi connectivity index (χ1) is 8.92. The Hall–Kier alpha value is -1.41. The standard InChI is InChI=1S/C11H17N3O4S/c1-2-9-13-10(7-14(9)6-8-3-4-8)19(17,18)12-5-11(15)16/h7-8,12H,2-6H2,1H3,(H,15,16). The van der Waals surface area contributed by atoms with Gasteiger partial charge in [-0.2, -0.15) is 4.72 Å². The second-order valence-electron chi connectivity index (χ2n) is 4.66. The number of rotatable bonds is 7. The molecule has 1 aromatic heterocycles. The van der Waals surface area contributed by atoms with Crippen molar-refractivity contribution in [2.24, 2.45) is 5.92 Å². The van der Waals surface area contributed by atoms with Crippen molar-refractivity contribution in [3.63, 3.8) is 0 Å². The molecule has 7 nitrogen and oxygen atoms in total. The molecule has 1 aliphatic rings. The van der Waals surface area contributed by atoms with Crippen LogP contribution < -0.4 is 4.72 Å². The molecule has 1 fully saturated rings. The van der Waals surface area contributed by atoms with Crippen molar-refractivity contribution in [3.05, 3.63) is 12.0 Å². The lowest BCUT2D eigenvalue weighted by Crippen LogP contribution is -2.29. The molecule has 0 saturated heterocycles. The largest absolute Gasteiger partial charge is 0.480 e. The monoisotopic (exact) mass is 287 g/mol. The van der Waals surface area contributed by atoms with E-state index in [4.69, 9.17) is 5.11 Å². The van der Waals surface area contributed by atoms with Gasteiger partial charge in [0.15, 0.2) is 5.03 Å². The fourth-order valence-electron chi connectivity index (χ4n) is 1.81. The summed E-state index contributed by atoms with van der Waals surface area (Å²) in [5, 5.41) is 8.40. The average molecular weight is 287 g/mol. The third kappa shape index (κ3) is 3.54. The minimum atomic E-state index is -3.85. The number of carboxylic acids is 1. The van der Waals surface area contributed by atoms with Crippen molar-refractivity contribution in [3.8, 4) is 0 Å². The molecule has 0 bridgehead atoms. The molecule has 0 amide bonds. The fourth-order valence-corrected chi connectivity index (χ4v) is 2.76. The maximum absolute atomic E-state index is 11.9. The molecule has 1 aliphatic carbocycles. The second kappa shape index (κ2) is 5.30. The van der Waals surface area contributed by atoms with Crippen molar-refractivity contribution < 1.29 is 18.3 Å². The zero-order valence-corrected chi connectivity index (χ0v) is 11.5. The number of aromatic nitrogens is 2. The van der Waals surface area contributed by atoms with Crippen LogP contribution in [0.3, 0.4) is 0 Å². The Bertz CT molecular complexity index is 575. The number of nitrogens with zero attached hydrogens (tertiary/aromatic N) is 2. The van der Waals surface area contributed by atoms with E-state index in [9.17, 15) is 13.2 Å². The van der Waals surface area contributed by atoms with Crippen LogP contribution in [0.25, 0.3) is 0 Å². The summed E-state index contributed by atoms with van der Waals surface area (Å²) in [5.74, 6) is 0.0985. The Labute approximate surface area is 111 Å². The van der Waals surface area contributed by atoms with Gasteiger partial charge in [0.1, 0.15) is 12.4 Å². The van der Waals surface area contributed by atoms with Gasteiger partial charge in [-0.1, -0.05) is 6.92 Å². The Morgan fingerprint density at radius 2 is 2.26 bits per heavy atom. The van der Waals surface area contributed by atoms with E-state index < -0.39 is 22.5 Å². The number of carbonyl (C=O) groups is 1. The van der Waals surface area contributed by atoms with Crippen molar-refractivity contribution in [2.45, 2.75) is 37.8 Å². The molecule has 1 saturated carbocycles. The normalized spacial score (nSPS) is 15.6. The third-order valence-corrected chi connectivity index (χ3v) is 4.27. The van der Waals surface area contributed by atoms with Crippen molar-refractivity contribution in [2.75, 3.05) is 6.54 Å². The van der Waals surface area contributed by atoms with E-state index in [1.165, 1.54) is 19.0 Å². The first kappa shape index (κ1) is 14.0. The van der Waals surface area contributed by atoms with Crippen LogP contribution in [-0.4, -0.2) is 35.6 Å². The molecule has 0 radical (unpaired) electrons. The highest BCUT2D eigenvalue weighted by Crippen LogP contribution is 2.31. The molecular formula is C11H17N3O4S. The molecule has 0 unspecified atom stereocenters. The number of carboxylic acid groups (broad SMARTS) is 1. The first-order valence-electron chi connectivity index (χ1n) is 6.20. The summed E-state index contributed by atoms with van der Waals surface area (Å²) in [6.07, 6.45) is 4.46. The number of aryl methyl sites for hydroxylation is 1. The number of hydrogen-bond acceptors (Lipinski definition) is 4. The Morgan fingerprint density at radius 3 is 2.79 bits per heavy atom. The lowest BCUT2D eigenvalue weighted by molar-refractivity contribution is -0.135. The topological polar surface area (TPSA) is 101 Å². The van der Waals surface area contributed by atoms with Gasteiger partial charge in [-0.25, -0.2) is 13.4 Å². The van der Waals surface area contributed by atoms with E-state index in [1.807, 2.05) is 16.2 Å². The lowest BCUT2D eigenvalue weighted by atomic mass is 10.4. The molecule has 0 spiro atoms. The molecule has 0 aliphatic heterocycles. The highest BCUT2D eigenvalue weighted by molar-refractivity contribution is 7.89. The SMILES string of the molecule is CCc1nc(S(=O)(=O)NCC(=O)O)cn1CC1CC1. The van der Waals surface area contributed by atoms with Gasteiger partial charge >= 0.3 is 5.97 Å². The Balaban J connectivity index is 2.18. The van der Waals surface area contributed by atoms with Crippen molar-refractivity contribution in [1.29, 1.82) is 0 Å². The van der Waals surface area contributed by atoms with Crippen molar-refractivity contribution >= 4 is 16.0 Å². The van der Waals surface area contributed by atoms with Crippen LogP contribution in [0.4, 0.5) is 0 Å². The molecule has 2 N–H and O–H groups in total. The molecule has 0 aromatic carbocycles. The Kier molecular flexibility index (Phi) is 3.91. The number of hydrogen-bond donors (Lipinski definition) is 2. The van der Waals surface area contributed by atoms with Gasteiger partial charge in [-0.05, 0) is 18.8 Å². The average Bonchev–Trinajstić information content (AvgIpc) is 3.04. The zero-order valence-electron chi connectivity index (χ0n) is 10.7. The van der Waals surface area contributed by atoms with Crippen LogP contribution in [0.1, 0.15) is 25.6 Å². The summed E-state index contributed by atoms with van der Waals surface area (Å²) < 4.78 is 27.6. The fraction of sp³-hybridized carbons (Fsp3) is 0.636. The molecule has 1 aromatic rings. The summed E-state index contributed by atoms with van der Waals surface area (Å²) >= 11 is 0. The zero-order chi connectivity index (χ0) is 14.0. The molecule has 0 atom stereocenters. The van der Waals surface area contributed by atoms with E-state index in [1.54, 1.807) is 0 Å². The number of imidazole rings is 1.